The van der Waals surface area contributed by atoms with Crippen molar-refractivity contribution < 1.29 is 17.9 Å². The van der Waals surface area contributed by atoms with E-state index in [-0.39, 0.29) is 23.8 Å². The quantitative estimate of drug-likeness (QED) is 0.622. The second kappa shape index (κ2) is 9.50. The average Bonchev–Trinajstić information content (AvgIpc) is 3.00. The SMILES string of the molecule is CCOc1ccc(S(=O)(=O)NCCC(=O)N(C)Cc2ccc(Br)s2)cc1. The van der Waals surface area contributed by atoms with E-state index in [0.29, 0.717) is 18.9 Å². The molecule has 0 saturated carbocycles. The van der Waals surface area contributed by atoms with Crippen molar-refractivity contribution in [3.8, 4) is 5.75 Å². The molecule has 0 radical (unpaired) electrons. The highest BCUT2D eigenvalue weighted by Crippen LogP contribution is 2.23. The van der Waals surface area contributed by atoms with Gasteiger partial charge in [-0.05, 0) is 59.3 Å². The number of carbonyl (C=O) groups is 1. The maximum atomic E-state index is 12.3. The molecule has 9 heteroatoms. The number of ether oxygens (including phenoxy) is 1. The van der Waals surface area contributed by atoms with Crippen LogP contribution in [0.25, 0.3) is 0 Å². The highest BCUT2D eigenvalue weighted by atomic mass is 79.9. The number of hydrogen-bond donors (Lipinski definition) is 1. The Morgan fingerprint density at radius 2 is 1.92 bits per heavy atom. The monoisotopic (exact) mass is 460 g/mol. The van der Waals surface area contributed by atoms with Gasteiger partial charge in [-0.1, -0.05) is 0 Å². The molecule has 1 heterocycles. The van der Waals surface area contributed by atoms with Crippen LogP contribution in [0.15, 0.2) is 45.1 Å². The summed E-state index contributed by atoms with van der Waals surface area (Å²) >= 11 is 4.95. The summed E-state index contributed by atoms with van der Waals surface area (Å²) in [6.07, 6.45) is 0.0965. The van der Waals surface area contributed by atoms with E-state index in [0.717, 1.165) is 8.66 Å². The van der Waals surface area contributed by atoms with Crippen LogP contribution in [-0.2, 0) is 21.4 Å². The van der Waals surface area contributed by atoms with Crippen LogP contribution in [-0.4, -0.2) is 39.4 Å². The molecule has 0 aliphatic heterocycles. The lowest BCUT2D eigenvalue weighted by Crippen LogP contribution is -2.31. The third-order valence-electron chi connectivity index (χ3n) is 3.52. The first-order valence-corrected chi connectivity index (χ1v) is 11.1. The Balaban J connectivity index is 1.84. The number of benzene rings is 1. The van der Waals surface area contributed by atoms with Gasteiger partial charge in [0.2, 0.25) is 15.9 Å². The molecule has 0 aliphatic carbocycles. The fourth-order valence-corrected chi connectivity index (χ4v) is 4.78. The Bertz CT molecular complexity index is 835. The van der Waals surface area contributed by atoms with Crippen molar-refractivity contribution in [3.63, 3.8) is 0 Å². The van der Waals surface area contributed by atoms with Crippen LogP contribution in [0, 0.1) is 0 Å². The second-order valence-electron chi connectivity index (χ2n) is 5.51. The molecule has 1 amide bonds. The Kier molecular flexibility index (Phi) is 7.63. The number of nitrogens with zero attached hydrogens (tertiary/aromatic N) is 1. The summed E-state index contributed by atoms with van der Waals surface area (Å²) in [5.74, 6) is 0.493. The molecule has 0 spiro atoms. The van der Waals surface area contributed by atoms with E-state index >= 15 is 0 Å². The van der Waals surface area contributed by atoms with Gasteiger partial charge >= 0.3 is 0 Å². The number of sulfonamides is 1. The fourth-order valence-electron chi connectivity index (χ4n) is 2.21. The van der Waals surface area contributed by atoms with E-state index in [1.807, 2.05) is 19.1 Å². The number of halogens is 1. The van der Waals surface area contributed by atoms with E-state index in [4.69, 9.17) is 4.74 Å². The molecule has 0 aliphatic rings. The van der Waals surface area contributed by atoms with Crippen molar-refractivity contribution >= 4 is 43.2 Å². The van der Waals surface area contributed by atoms with Crippen molar-refractivity contribution in [2.75, 3.05) is 20.2 Å². The van der Waals surface area contributed by atoms with Crippen LogP contribution >= 0.6 is 27.3 Å². The van der Waals surface area contributed by atoms with Crippen LogP contribution in [0.4, 0.5) is 0 Å². The van der Waals surface area contributed by atoms with E-state index in [1.165, 1.54) is 12.1 Å². The van der Waals surface area contributed by atoms with Gasteiger partial charge in [-0.15, -0.1) is 11.3 Å². The summed E-state index contributed by atoms with van der Waals surface area (Å²) < 4.78 is 33.3. The molecule has 0 saturated heterocycles. The number of carbonyl (C=O) groups excluding carboxylic acids is 1. The molecular formula is C17H21BrN2O4S2. The summed E-state index contributed by atoms with van der Waals surface area (Å²) in [4.78, 5) is 14.9. The topological polar surface area (TPSA) is 75.7 Å². The lowest BCUT2D eigenvalue weighted by molar-refractivity contribution is -0.130. The number of thiophene rings is 1. The van der Waals surface area contributed by atoms with Gasteiger partial charge in [-0.2, -0.15) is 0 Å². The molecule has 0 unspecified atom stereocenters. The minimum Gasteiger partial charge on any atom is -0.494 e. The summed E-state index contributed by atoms with van der Waals surface area (Å²) in [7, 11) is -1.94. The number of hydrogen-bond acceptors (Lipinski definition) is 5. The summed E-state index contributed by atoms with van der Waals surface area (Å²) in [6, 6.07) is 10.1. The van der Waals surface area contributed by atoms with E-state index < -0.39 is 10.0 Å². The van der Waals surface area contributed by atoms with Gasteiger partial charge in [0.1, 0.15) is 5.75 Å². The zero-order valence-corrected chi connectivity index (χ0v) is 17.8. The molecule has 1 N–H and O–H groups in total. The van der Waals surface area contributed by atoms with E-state index in [9.17, 15) is 13.2 Å². The van der Waals surface area contributed by atoms with Gasteiger partial charge in [-0.25, -0.2) is 13.1 Å². The predicted octanol–water partition coefficient (Wildman–Crippen LogP) is 3.24. The van der Waals surface area contributed by atoms with Crippen molar-refractivity contribution in [1.82, 2.24) is 9.62 Å². The molecule has 2 aromatic rings. The van der Waals surface area contributed by atoms with Crippen molar-refractivity contribution in [3.05, 3.63) is 45.1 Å². The molecule has 142 valence electrons. The lowest BCUT2D eigenvalue weighted by Gasteiger charge is -2.16. The number of amides is 1. The minimum absolute atomic E-state index is 0.0485. The predicted molar refractivity (Wildman–Crippen MR) is 106 cm³/mol. The first kappa shape index (κ1) is 20.9. The van der Waals surface area contributed by atoms with Gasteiger partial charge in [0, 0.05) is 24.9 Å². The number of nitrogens with one attached hydrogen (secondary N) is 1. The molecule has 2 rings (SSSR count). The molecule has 0 fully saturated rings. The van der Waals surface area contributed by atoms with Gasteiger partial charge in [0.15, 0.2) is 0 Å². The molecule has 1 aromatic heterocycles. The van der Waals surface area contributed by atoms with E-state index in [1.54, 1.807) is 35.4 Å². The Morgan fingerprint density at radius 1 is 1.23 bits per heavy atom. The van der Waals surface area contributed by atoms with Crippen LogP contribution in [0.1, 0.15) is 18.2 Å². The average molecular weight is 461 g/mol. The number of rotatable bonds is 9. The molecular weight excluding hydrogens is 440 g/mol. The smallest absolute Gasteiger partial charge is 0.240 e. The molecule has 0 bridgehead atoms. The summed E-state index contributed by atoms with van der Waals surface area (Å²) in [5, 5.41) is 0. The van der Waals surface area contributed by atoms with Gasteiger partial charge in [0.05, 0.1) is 21.8 Å². The van der Waals surface area contributed by atoms with Crippen molar-refractivity contribution in [2.45, 2.75) is 24.8 Å². The zero-order valence-electron chi connectivity index (χ0n) is 14.6. The molecule has 6 nitrogen and oxygen atoms in total. The van der Waals surface area contributed by atoms with Crippen LogP contribution in [0.2, 0.25) is 0 Å². The standard InChI is InChI=1S/C17H21BrN2O4S2/c1-3-24-13-4-7-15(8-5-13)26(22,23)19-11-10-17(21)20(2)12-14-6-9-16(18)25-14/h4-9,19H,3,10-12H2,1-2H3. The normalized spacial score (nSPS) is 11.3. The third-order valence-corrected chi connectivity index (χ3v) is 6.61. The summed E-state index contributed by atoms with van der Waals surface area (Å²) in [5.41, 5.74) is 0. The second-order valence-corrected chi connectivity index (χ2v) is 9.82. The maximum absolute atomic E-state index is 12.3. The Hall–Kier alpha value is -1.42. The molecule has 1 aromatic carbocycles. The Labute approximate surface area is 166 Å². The van der Waals surface area contributed by atoms with E-state index in [2.05, 4.69) is 20.7 Å². The Morgan fingerprint density at radius 3 is 2.50 bits per heavy atom. The first-order valence-electron chi connectivity index (χ1n) is 8.02. The van der Waals surface area contributed by atoms with Gasteiger partial charge in [-0.3, -0.25) is 4.79 Å². The first-order chi connectivity index (χ1) is 12.3. The zero-order chi connectivity index (χ0) is 19.2. The van der Waals surface area contributed by atoms with Crippen LogP contribution in [0.3, 0.4) is 0 Å². The highest BCUT2D eigenvalue weighted by Gasteiger charge is 2.16. The molecule has 0 atom stereocenters. The van der Waals surface area contributed by atoms with Gasteiger partial charge in [0.25, 0.3) is 0 Å². The van der Waals surface area contributed by atoms with Crippen LogP contribution in [0.5, 0.6) is 5.75 Å². The highest BCUT2D eigenvalue weighted by molar-refractivity contribution is 9.11. The maximum Gasteiger partial charge on any atom is 0.240 e. The largest absolute Gasteiger partial charge is 0.494 e. The third kappa shape index (κ3) is 6.08. The van der Waals surface area contributed by atoms with Gasteiger partial charge < -0.3 is 9.64 Å². The molecule has 26 heavy (non-hydrogen) atoms. The van der Waals surface area contributed by atoms with Crippen molar-refractivity contribution in [1.29, 1.82) is 0 Å². The van der Waals surface area contributed by atoms with Crippen molar-refractivity contribution in [2.24, 2.45) is 0 Å². The van der Waals surface area contributed by atoms with Crippen LogP contribution < -0.4 is 9.46 Å². The fraction of sp³-hybridized carbons (Fsp3) is 0.353. The summed E-state index contributed by atoms with van der Waals surface area (Å²) in [6.45, 7) is 2.92. The lowest BCUT2D eigenvalue weighted by atomic mass is 10.3. The minimum atomic E-state index is -3.65.